The molecule has 8 heteroatoms. The minimum absolute atomic E-state index is 0.0232. The average Bonchev–Trinajstić information content (AvgIpc) is 2.40. The van der Waals surface area contributed by atoms with Gasteiger partial charge in [0.2, 0.25) is 10.0 Å². The zero-order valence-corrected chi connectivity index (χ0v) is 14.4. The van der Waals surface area contributed by atoms with E-state index in [1.807, 2.05) is 20.8 Å². The number of rotatable bonds is 7. The molecule has 7 nitrogen and oxygen atoms in total. The van der Waals surface area contributed by atoms with E-state index in [2.05, 4.69) is 20.6 Å². The third-order valence-electron chi connectivity index (χ3n) is 3.13. The van der Waals surface area contributed by atoms with Crippen molar-refractivity contribution < 1.29 is 8.42 Å². The van der Waals surface area contributed by atoms with Crippen LogP contribution in [-0.2, 0) is 10.0 Å². The quantitative estimate of drug-likeness (QED) is 0.787. The van der Waals surface area contributed by atoms with Crippen LogP contribution in [0.5, 0.6) is 0 Å². The fraction of sp³-hybridized carbons (Fsp3) is 0.692. The molecule has 2 N–H and O–H groups in total. The molecule has 0 amide bonds. The van der Waals surface area contributed by atoms with E-state index in [4.69, 9.17) is 0 Å². The maximum Gasteiger partial charge on any atom is 0.215 e. The van der Waals surface area contributed by atoms with Crippen LogP contribution in [0.15, 0.2) is 0 Å². The van der Waals surface area contributed by atoms with E-state index in [0.717, 1.165) is 17.2 Å². The second kappa shape index (κ2) is 7.04. The van der Waals surface area contributed by atoms with Gasteiger partial charge in [-0.25, -0.2) is 22.7 Å². The van der Waals surface area contributed by atoms with Gasteiger partial charge in [0.05, 0.1) is 5.75 Å². The topological polar surface area (TPSA) is 87.2 Å². The molecule has 0 aliphatic carbocycles. The van der Waals surface area contributed by atoms with Crippen molar-refractivity contribution in [1.29, 1.82) is 0 Å². The van der Waals surface area contributed by atoms with Crippen molar-refractivity contribution in [1.82, 2.24) is 14.3 Å². The van der Waals surface area contributed by atoms with Gasteiger partial charge in [-0.1, -0.05) is 13.8 Å². The van der Waals surface area contributed by atoms with Gasteiger partial charge in [0, 0.05) is 39.2 Å². The van der Waals surface area contributed by atoms with Crippen LogP contribution in [0.25, 0.3) is 0 Å². The molecule has 0 unspecified atom stereocenters. The van der Waals surface area contributed by atoms with Crippen molar-refractivity contribution >= 4 is 21.7 Å². The molecule has 21 heavy (non-hydrogen) atoms. The molecule has 0 aliphatic heterocycles. The highest BCUT2D eigenvalue weighted by Crippen LogP contribution is 2.22. The Morgan fingerprint density at radius 1 is 1.19 bits per heavy atom. The molecule has 0 saturated heterocycles. The molecule has 0 radical (unpaired) electrons. The second-order valence-corrected chi connectivity index (χ2v) is 7.64. The van der Waals surface area contributed by atoms with Crippen LogP contribution in [0.2, 0.25) is 0 Å². The summed E-state index contributed by atoms with van der Waals surface area (Å²) in [6, 6.07) is 0. The van der Waals surface area contributed by atoms with Gasteiger partial charge in [0.25, 0.3) is 0 Å². The number of nitrogens with zero attached hydrogens (tertiary/aromatic N) is 3. The van der Waals surface area contributed by atoms with E-state index in [9.17, 15) is 8.42 Å². The van der Waals surface area contributed by atoms with E-state index in [-0.39, 0.29) is 11.7 Å². The summed E-state index contributed by atoms with van der Waals surface area (Å²) in [5.41, 5.74) is 0.879. The van der Waals surface area contributed by atoms with Crippen molar-refractivity contribution in [3.8, 4) is 0 Å². The van der Waals surface area contributed by atoms with Crippen LogP contribution >= 0.6 is 0 Å². The highest BCUT2D eigenvalue weighted by Gasteiger charge is 2.15. The Labute approximate surface area is 127 Å². The van der Waals surface area contributed by atoms with E-state index in [0.29, 0.717) is 12.4 Å². The molecule has 0 saturated carbocycles. The van der Waals surface area contributed by atoms with Crippen molar-refractivity contribution in [2.75, 3.05) is 44.1 Å². The maximum absolute atomic E-state index is 11.7. The van der Waals surface area contributed by atoms with Crippen molar-refractivity contribution in [2.45, 2.75) is 26.7 Å². The predicted molar refractivity (Wildman–Crippen MR) is 86.4 cm³/mol. The van der Waals surface area contributed by atoms with Crippen LogP contribution in [0.4, 0.5) is 11.6 Å². The standard InChI is InChI=1S/C13H25N5O2S/c1-9(2)11-16-12(14-4)10(3)13(17-11)15-7-8-21(19,20)18(5)6/h9H,7-8H2,1-6H3,(H2,14,15,16,17). The summed E-state index contributed by atoms with van der Waals surface area (Å²) < 4.78 is 24.7. The number of hydrogen-bond donors (Lipinski definition) is 2. The third-order valence-corrected chi connectivity index (χ3v) is 4.96. The Balaban J connectivity index is 2.90. The van der Waals surface area contributed by atoms with Gasteiger partial charge in [-0.05, 0) is 6.92 Å². The summed E-state index contributed by atoms with van der Waals surface area (Å²) in [7, 11) is 1.65. The molecule has 0 aromatic carbocycles. The minimum Gasteiger partial charge on any atom is -0.373 e. The lowest BCUT2D eigenvalue weighted by Gasteiger charge is -2.16. The molecule has 0 bridgehead atoms. The molecule has 1 rings (SSSR count). The lowest BCUT2D eigenvalue weighted by molar-refractivity contribution is 0.521. The molecule has 0 aliphatic rings. The third kappa shape index (κ3) is 4.53. The summed E-state index contributed by atoms with van der Waals surface area (Å²) in [5.74, 6) is 2.38. The molecule has 120 valence electrons. The van der Waals surface area contributed by atoms with Crippen LogP contribution in [0, 0.1) is 6.92 Å². The number of aromatic nitrogens is 2. The smallest absolute Gasteiger partial charge is 0.215 e. The van der Waals surface area contributed by atoms with E-state index < -0.39 is 10.0 Å². The normalized spacial score (nSPS) is 12.0. The minimum atomic E-state index is -3.21. The van der Waals surface area contributed by atoms with Crippen LogP contribution in [-0.4, -0.2) is 56.1 Å². The highest BCUT2D eigenvalue weighted by atomic mass is 32.2. The molecule has 0 fully saturated rings. The Morgan fingerprint density at radius 2 is 1.76 bits per heavy atom. The molecule has 0 atom stereocenters. The first kappa shape index (κ1) is 17.6. The van der Waals surface area contributed by atoms with Gasteiger partial charge in [-0.2, -0.15) is 0 Å². The Morgan fingerprint density at radius 3 is 2.24 bits per heavy atom. The lowest BCUT2D eigenvalue weighted by atomic mass is 10.2. The van der Waals surface area contributed by atoms with Crippen LogP contribution < -0.4 is 10.6 Å². The molecule has 1 aromatic rings. The fourth-order valence-corrected chi connectivity index (χ4v) is 2.41. The average molecular weight is 315 g/mol. The summed E-state index contributed by atoms with van der Waals surface area (Å²) in [6.45, 7) is 6.24. The van der Waals surface area contributed by atoms with Gasteiger partial charge in [0.15, 0.2) is 0 Å². The number of anilines is 2. The number of sulfonamides is 1. The predicted octanol–water partition coefficient (Wildman–Crippen LogP) is 1.25. The Hall–Kier alpha value is -1.41. The molecule has 1 heterocycles. The number of nitrogens with one attached hydrogen (secondary N) is 2. The zero-order chi connectivity index (χ0) is 16.2. The zero-order valence-electron chi connectivity index (χ0n) is 13.6. The van der Waals surface area contributed by atoms with Gasteiger partial charge in [-0.3, -0.25) is 0 Å². The first-order valence-electron chi connectivity index (χ1n) is 6.89. The van der Waals surface area contributed by atoms with E-state index in [1.165, 1.54) is 18.4 Å². The number of hydrogen-bond acceptors (Lipinski definition) is 6. The monoisotopic (exact) mass is 315 g/mol. The van der Waals surface area contributed by atoms with Gasteiger partial charge >= 0.3 is 0 Å². The van der Waals surface area contributed by atoms with Crippen LogP contribution in [0.1, 0.15) is 31.2 Å². The SMILES string of the molecule is CNc1nc(C(C)C)nc(NCCS(=O)(=O)N(C)C)c1C. The molecular weight excluding hydrogens is 290 g/mol. The maximum atomic E-state index is 11.7. The second-order valence-electron chi connectivity index (χ2n) is 5.33. The summed E-state index contributed by atoms with van der Waals surface area (Å²) in [4.78, 5) is 8.92. The van der Waals surface area contributed by atoms with E-state index >= 15 is 0 Å². The van der Waals surface area contributed by atoms with Gasteiger partial charge in [0.1, 0.15) is 17.5 Å². The van der Waals surface area contributed by atoms with Crippen LogP contribution in [0.3, 0.4) is 0 Å². The largest absolute Gasteiger partial charge is 0.373 e. The molecule has 0 spiro atoms. The summed E-state index contributed by atoms with van der Waals surface area (Å²) in [6.07, 6.45) is 0. The fourth-order valence-electron chi connectivity index (χ4n) is 1.69. The lowest BCUT2D eigenvalue weighted by Crippen LogP contribution is -2.28. The molecular formula is C13H25N5O2S. The Kier molecular flexibility index (Phi) is 5.91. The van der Waals surface area contributed by atoms with Crippen molar-refractivity contribution in [3.63, 3.8) is 0 Å². The Bertz CT molecular complexity index is 584. The summed E-state index contributed by atoms with van der Waals surface area (Å²) >= 11 is 0. The molecule has 1 aromatic heterocycles. The van der Waals surface area contributed by atoms with Gasteiger partial charge in [-0.15, -0.1) is 0 Å². The first-order valence-corrected chi connectivity index (χ1v) is 8.50. The van der Waals surface area contributed by atoms with Gasteiger partial charge < -0.3 is 10.6 Å². The van der Waals surface area contributed by atoms with Crippen molar-refractivity contribution in [3.05, 3.63) is 11.4 Å². The first-order chi connectivity index (χ1) is 9.69. The highest BCUT2D eigenvalue weighted by molar-refractivity contribution is 7.89. The van der Waals surface area contributed by atoms with E-state index in [1.54, 1.807) is 7.05 Å². The van der Waals surface area contributed by atoms with Crippen molar-refractivity contribution in [2.24, 2.45) is 0 Å². The summed E-state index contributed by atoms with van der Waals surface area (Å²) in [5, 5.41) is 6.14.